The highest BCUT2D eigenvalue weighted by molar-refractivity contribution is 4.83. The quantitative estimate of drug-likeness (QED) is 0.540. The molecule has 0 spiro atoms. The Hall–Kier alpha value is -0.0800. The molecule has 0 aromatic rings. The van der Waals surface area contributed by atoms with E-state index in [1.54, 1.807) is 0 Å². The van der Waals surface area contributed by atoms with Gasteiger partial charge in [0.1, 0.15) is 0 Å². The zero-order valence-electron chi connectivity index (χ0n) is 7.83. The average Bonchev–Trinajstić information content (AvgIpc) is 1.88. The fraction of sp³-hybridized carbons (Fsp3) is 1.00. The van der Waals surface area contributed by atoms with Crippen LogP contribution in [0.1, 0.15) is 27.7 Å². The fourth-order valence-corrected chi connectivity index (χ4v) is 0.677. The molecule has 0 aliphatic rings. The summed E-state index contributed by atoms with van der Waals surface area (Å²) in [6.45, 7) is 11.0. The van der Waals surface area contributed by atoms with Gasteiger partial charge in [-0.15, -0.1) is 0 Å². The highest BCUT2D eigenvalue weighted by atomic mass is 14.7. The Bertz CT molecular complexity index is 91.8. The number of hydrogen-bond donors (Lipinski definition) is 2. The van der Waals surface area contributed by atoms with Crippen LogP contribution in [-0.2, 0) is 0 Å². The Labute approximate surface area is 64.0 Å². The Kier molecular flexibility index (Phi) is 2.86. The number of quaternary nitrogens is 2. The summed E-state index contributed by atoms with van der Waals surface area (Å²) >= 11 is 0. The first-order chi connectivity index (χ1) is 4.37. The van der Waals surface area contributed by atoms with Crippen LogP contribution >= 0.6 is 0 Å². The molecule has 0 aromatic heterocycles. The maximum atomic E-state index is 3.94. The standard InChI is InChI=1S/C8H20N2/c1-7(2,5-9)8(3,4)6-10/h5-6,9-10H2,1-4H3/p+2. The van der Waals surface area contributed by atoms with Crippen LogP contribution in [0.3, 0.4) is 0 Å². The predicted octanol–water partition coefficient (Wildman–Crippen LogP) is -0.477. The van der Waals surface area contributed by atoms with Crippen LogP contribution in [0.25, 0.3) is 0 Å². The molecule has 2 heteroatoms. The molecule has 0 unspecified atom stereocenters. The van der Waals surface area contributed by atoms with E-state index in [1.807, 2.05) is 0 Å². The van der Waals surface area contributed by atoms with Crippen LogP contribution in [0.5, 0.6) is 0 Å². The van der Waals surface area contributed by atoms with Gasteiger partial charge in [-0.05, 0) is 0 Å². The molecular formula is C8H22N2+2. The smallest absolute Gasteiger partial charge is 0.0798 e. The van der Waals surface area contributed by atoms with Gasteiger partial charge >= 0.3 is 0 Å². The molecule has 0 aromatic carbocycles. The van der Waals surface area contributed by atoms with E-state index in [9.17, 15) is 0 Å². The third-order valence-electron chi connectivity index (χ3n) is 3.08. The zero-order valence-corrected chi connectivity index (χ0v) is 7.83. The van der Waals surface area contributed by atoms with E-state index in [-0.39, 0.29) is 0 Å². The second-order valence-corrected chi connectivity index (χ2v) is 4.27. The molecule has 0 saturated carbocycles. The first-order valence-electron chi connectivity index (χ1n) is 3.96. The molecule has 0 radical (unpaired) electrons. The molecule has 62 valence electrons. The van der Waals surface area contributed by atoms with Crippen molar-refractivity contribution in [2.45, 2.75) is 27.7 Å². The molecule has 0 atom stereocenters. The van der Waals surface area contributed by atoms with Gasteiger partial charge in [0.15, 0.2) is 0 Å². The Morgan fingerprint density at radius 3 is 1.10 bits per heavy atom. The van der Waals surface area contributed by atoms with Gasteiger partial charge in [0.05, 0.1) is 13.1 Å². The number of hydrogen-bond acceptors (Lipinski definition) is 0. The molecular weight excluding hydrogens is 124 g/mol. The van der Waals surface area contributed by atoms with E-state index < -0.39 is 0 Å². The lowest BCUT2D eigenvalue weighted by Crippen LogP contribution is -2.66. The molecule has 10 heavy (non-hydrogen) atoms. The molecule has 0 amide bonds. The number of rotatable bonds is 3. The molecule has 0 aliphatic heterocycles. The lowest BCUT2D eigenvalue weighted by atomic mass is 9.68. The van der Waals surface area contributed by atoms with Gasteiger partial charge < -0.3 is 11.5 Å². The van der Waals surface area contributed by atoms with E-state index >= 15 is 0 Å². The van der Waals surface area contributed by atoms with E-state index in [2.05, 4.69) is 39.2 Å². The normalized spacial score (nSPS) is 13.8. The summed E-state index contributed by atoms with van der Waals surface area (Å²) in [5, 5.41) is 0. The lowest BCUT2D eigenvalue weighted by molar-refractivity contribution is -0.428. The van der Waals surface area contributed by atoms with Crippen molar-refractivity contribution in [3.63, 3.8) is 0 Å². The first kappa shape index (κ1) is 9.92. The van der Waals surface area contributed by atoms with Crippen molar-refractivity contribution in [2.24, 2.45) is 10.8 Å². The molecule has 2 nitrogen and oxygen atoms in total. The topological polar surface area (TPSA) is 55.3 Å². The summed E-state index contributed by atoms with van der Waals surface area (Å²) < 4.78 is 0. The largest absolute Gasteiger partial charge is 0.357 e. The maximum absolute atomic E-state index is 3.94. The summed E-state index contributed by atoms with van der Waals surface area (Å²) in [6.07, 6.45) is 0. The fourth-order valence-electron chi connectivity index (χ4n) is 0.677. The van der Waals surface area contributed by atoms with Crippen molar-refractivity contribution >= 4 is 0 Å². The van der Waals surface area contributed by atoms with Crippen LogP contribution < -0.4 is 11.5 Å². The summed E-state index contributed by atoms with van der Waals surface area (Å²) in [4.78, 5) is 0. The van der Waals surface area contributed by atoms with Crippen LogP contribution in [0.4, 0.5) is 0 Å². The van der Waals surface area contributed by atoms with Crippen molar-refractivity contribution in [2.75, 3.05) is 13.1 Å². The molecule has 0 aliphatic carbocycles. The monoisotopic (exact) mass is 146 g/mol. The van der Waals surface area contributed by atoms with Crippen LogP contribution in [0.15, 0.2) is 0 Å². The third-order valence-corrected chi connectivity index (χ3v) is 3.08. The molecule has 0 bridgehead atoms. The van der Waals surface area contributed by atoms with E-state index in [4.69, 9.17) is 0 Å². The molecule has 0 fully saturated rings. The first-order valence-corrected chi connectivity index (χ1v) is 3.96. The SMILES string of the molecule is CC(C)(C[NH3+])C(C)(C)C[NH3+]. The second kappa shape index (κ2) is 2.89. The van der Waals surface area contributed by atoms with E-state index in [0.717, 1.165) is 13.1 Å². The van der Waals surface area contributed by atoms with Crippen molar-refractivity contribution in [1.82, 2.24) is 0 Å². The molecule has 0 saturated heterocycles. The van der Waals surface area contributed by atoms with Gasteiger partial charge in [0, 0.05) is 10.8 Å². The molecule has 0 rings (SSSR count). The third kappa shape index (κ3) is 1.70. The Balaban J connectivity index is 4.28. The Morgan fingerprint density at radius 2 is 1.00 bits per heavy atom. The van der Waals surface area contributed by atoms with Crippen molar-refractivity contribution in [3.8, 4) is 0 Å². The van der Waals surface area contributed by atoms with Gasteiger partial charge in [0.25, 0.3) is 0 Å². The molecule has 6 N–H and O–H groups in total. The van der Waals surface area contributed by atoms with Gasteiger partial charge in [0.2, 0.25) is 0 Å². The predicted molar refractivity (Wildman–Crippen MR) is 43.1 cm³/mol. The van der Waals surface area contributed by atoms with Gasteiger partial charge in [-0.25, -0.2) is 0 Å². The lowest BCUT2D eigenvalue weighted by Gasteiger charge is -2.36. The minimum Gasteiger partial charge on any atom is -0.357 e. The summed E-state index contributed by atoms with van der Waals surface area (Å²) in [5.74, 6) is 0. The van der Waals surface area contributed by atoms with Crippen LogP contribution in [-0.4, -0.2) is 13.1 Å². The van der Waals surface area contributed by atoms with Crippen molar-refractivity contribution in [1.29, 1.82) is 0 Å². The Morgan fingerprint density at radius 1 is 0.800 bits per heavy atom. The highest BCUT2D eigenvalue weighted by Gasteiger charge is 2.37. The van der Waals surface area contributed by atoms with E-state index in [1.165, 1.54) is 0 Å². The van der Waals surface area contributed by atoms with Gasteiger partial charge in [-0.3, -0.25) is 0 Å². The second-order valence-electron chi connectivity index (χ2n) is 4.27. The van der Waals surface area contributed by atoms with Gasteiger partial charge in [-0.1, -0.05) is 27.7 Å². The van der Waals surface area contributed by atoms with Crippen molar-refractivity contribution in [3.05, 3.63) is 0 Å². The van der Waals surface area contributed by atoms with Crippen LogP contribution in [0, 0.1) is 10.8 Å². The van der Waals surface area contributed by atoms with E-state index in [0.29, 0.717) is 10.8 Å². The summed E-state index contributed by atoms with van der Waals surface area (Å²) in [5.41, 5.74) is 8.52. The average molecular weight is 146 g/mol. The van der Waals surface area contributed by atoms with Crippen LogP contribution in [0.2, 0.25) is 0 Å². The maximum Gasteiger partial charge on any atom is 0.0798 e. The van der Waals surface area contributed by atoms with Crippen molar-refractivity contribution < 1.29 is 11.5 Å². The van der Waals surface area contributed by atoms with Gasteiger partial charge in [-0.2, -0.15) is 0 Å². The zero-order chi connectivity index (χ0) is 8.41. The highest BCUT2D eigenvalue weighted by Crippen LogP contribution is 2.35. The minimum absolute atomic E-state index is 0.314. The minimum atomic E-state index is 0.314. The summed E-state index contributed by atoms with van der Waals surface area (Å²) in [7, 11) is 0. The molecule has 0 heterocycles. The summed E-state index contributed by atoms with van der Waals surface area (Å²) in [6, 6.07) is 0.